The van der Waals surface area contributed by atoms with Crippen LogP contribution in [0, 0.1) is 0 Å². The number of para-hydroxylation sites is 1. The molecule has 3 N–H and O–H groups in total. The van der Waals surface area contributed by atoms with Crippen LogP contribution in [0.4, 0.5) is 19.0 Å². The number of fused-ring (bicyclic) bond motifs is 2. The molecule has 1 aromatic carbocycles. The minimum Gasteiger partial charge on any atom is -0.368 e. The van der Waals surface area contributed by atoms with Crippen molar-refractivity contribution in [1.29, 1.82) is 0 Å². The molecule has 0 atom stereocenters. The van der Waals surface area contributed by atoms with Gasteiger partial charge in [-0.1, -0.05) is 24.3 Å². The van der Waals surface area contributed by atoms with Gasteiger partial charge in [-0.25, -0.2) is 4.98 Å². The minimum absolute atomic E-state index is 0.0249. The van der Waals surface area contributed by atoms with Crippen molar-refractivity contribution in [2.45, 2.75) is 43.9 Å². The number of H-pyrrole nitrogens is 1. The first-order valence-corrected chi connectivity index (χ1v) is 10.4. The molecule has 166 valence electrons. The van der Waals surface area contributed by atoms with E-state index in [0.717, 1.165) is 42.8 Å². The maximum Gasteiger partial charge on any atom is 0.434 e. The molecule has 1 aliphatic carbocycles. The lowest BCUT2D eigenvalue weighted by molar-refractivity contribution is -0.140. The van der Waals surface area contributed by atoms with E-state index in [1.165, 1.54) is 4.40 Å². The highest BCUT2D eigenvalue weighted by atomic mass is 19.4. The fourth-order valence-corrected chi connectivity index (χ4v) is 4.25. The van der Waals surface area contributed by atoms with E-state index in [-0.39, 0.29) is 23.6 Å². The summed E-state index contributed by atoms with van der Waals surface area (Å²) in [5, 5.41) is 14.2. The van der Waals surface area contributed by atoms with Crippen molar-refractivity contribution in [3.63, 3.8) is 0 Å². The Hall–Kier alpha value is -3.56. The van der Waals surface area contributed by atoms with Gasteiger partial charge >= 0.3 is 6.18 Å². The Morgan fingerprint density at radius 2 is 1.78 bits per heavy atom. The van der Waals surface area contributed by atoms with E-state index < -0.39 is 11.9 Å². The molecule has 0 unspecified atom stereocenters. The van der Waals surface area contributed by atoms with Gasteiger partial charge in [0.05, 0.1) is 5.52 Å². The summed E-state index contributed by atoms with van der Waals surface area (Å²) >= 11 is 0. The summed E-state index contributed by atoms with van der Waals surface area (Å²) in [6, 6.07) is 12.6. The molecule has 0 aliphatic heterocycles. The van der Waals surface area contributed by atoms with Gasteiger partial charge < -0.3 is 10.6 Å². The fraction of sp³-hybridized carbons (Fsp3) is 0.318. The fourth-order valence-electron chi connectivity index (χ4n) is 4.25. The summed E-state index contributed by atoms with van der Waals surface area (Å²) in [6.07, 6.45) is -0.386. The summed E-state index contributed by atoms with van der Waals surface area (Å²) in [4.78, 5) is 16.3. The zero-order chi connectivity index (χ0) is 22.3. The average molecular weight is 442 g/mol. The van der Waals surface area contributed by atoms with Crippen molar-refractivity contribution in [3.05, 3.63) is 60.0 Å². The first kappa shape index (κ1) is 20.3. The summed E-state index contributed by atoms with van der Waals surface area (Å²) in [7, 11) is 0. The number of aromatic amines is 1. The number of aromatic nitrogens is 4. The van der Waals surface area contributed by atoms with E-state index in [2.05, 4.69) is 25.8 Å². The van der Waals surface area contributed by atoms with Crippen LogP contribution in [-0.4, -0.2) is 37.6 Å². The Morgan fingerprint density at radius 1 is 1.03 bits per heavy atom. The van der Waals surface area contributed by atoms with E-state index >= 15 is 0 Å². The Morgan fingerprint density at radius 3 is 2.56 bits per heavy atom. The number of pyridine rings is 1. The van der Waals surface area contributed by atoms with E-state index in [1.54, 1.807) is 18.2 Å². The van der Waals surface area contributed by atoms with Crippen molar-refractivity contribution >= 4 is 28.3 Å². The average Bonchev–Trinajstić information content (AvgIpc) is 3.40. The van der Waals surface area contributed by atoms with Gasteiger partial charge in [0.25, 0.3) is 5.91 Å². The number of rotatable bonds is 4. The molecule has 3 heterocycles. The molecule has 0 radical (unpaired) electrons. The predicted molar refractivity (Wildman–Crippen MR) is 113 cm³/mol. The zero-order valence-corrected chi connectivity index (χ0v) is 17.0. The lowest BCUT2D eigenvalue weighted by Gasteiger charge is -2.30. The van der Waals surface area contributed by atoms with Crippen LogP contribution in [0.5, 0.6) is 0 Å². The second-order valence-corrected chi connectivity index (χ2v) is 8.05. The van der Waals surface area contributed by atoms with Gasteiger partial charge in [0.2, 0.25) is 0 Å². The molecule has 1 fully saturated rings. The molecule has 10 heteroatoms. The third-order valence-electron chi connectivity index (χ3n) is 5.88. The molecular weight excluding hydrogens is 421 g/mol. The van der Waals surface area contributed by atoms with Crippen LogP contribution in [0.3, 0.4) is 0 Å². The number of anilines is 1. The van der Waals surface area contributed by atoms with Gasteiger partial charge in [0, 0.05) is 23.7 Å². The number of hydrogen-bond acceptors (Lipinski definition) is 4. The molecule has 1 amide bonds. The lowest BCUT2D eigenvalue weighted by atomic mass is 9.91. The highest BCUT2D eigenvalue weighted by Crippen LogP contribution is 2.30. The predicted octanol–water partition coefficient (Wildman–Crippen LogP) is 4.38. The maximum absolute atomic E-state index is 13.0. The summed E-state index contributed by atoms with van der Waals surface area (Å²) in [5.74, 6) is 0.364. The molecule has 7 nitrogen and oxygen atoms in total. The smallest absolute Gasteiger partial charge is 0.368 e. The number of benzene rings is 1. The zero-order valence-electron chi connectivity index (χ0n) is 17.0. The van der Waals surface area contributed by atoms with E-state index in [0.29, 0.717) is 11.5 Å². The number of amides is 1. The molecular formula is C22H21F3N6O. The van der Waals surface area contributed by atoms with Crippen molar-refractivity contribution in [1.82, 2.24) is 24.9 Å². The molecule has 5 rings (SSSR count). The van der Waals surface area contributed by atoms with Gasteiger partial charge in [0.15, 0.2) is 11.4 Å². The van der Waals surface area contributed by atoms with Gasteiger partial charge in [-0.05, 0) is 43.9 Å². The van der Waals surface area contributed by atoms with Gasteiger partial charge in [-0.15, -0.1) is 0 Å². The summed E-state index contributed by atoms with van der Waals surface area (Å²) in [6.45, 7) is 0. The van der Waals surface area contributed by atoms with Crippen LogP contribution < -0.4 is 10.6 Å². The second-order valence-electron chi connectivity index (χ2n) is 8.05. The van der Waals surface area contributed by atoms with Crippen LogP contribution in [0.15, 0.2) is 48.7 Å². The van der Waals surface area contributed by atoms with Gasteiger partial charge in [-0.3, -0.25) is 14.3 Å². The first-order valence-electron chi connectivity index (χ1n) is 10.4. The number of alkyl halides is 3. The second kappa shape index (κ2) is 7.85. The van der Waals surface area contributed by atoms with Crippen molar-refractivity contribution in [2.24, 2.45) is 0 Å². The molecule has 1 saturated carbocycles. The highest BCUT2D eigenvalue weighted by Gasteiger charge is 2.34. The van der Waals surface area contributed by atoms with Crippen LogP contribution in [0.1, 0.15) is 41.9 Å². The van der Waals surface area contributed by atoms with Crippen LogP contribution >= 0.6 is 0 Å². The lowest BCUT2D eigenvalue weighted by Crippen LogP contribution is -2.40. The standard InChI is InChI=1S/C22H21F3N6O/c23-22(24,25)17-12-31-18(6-3-7-19(31)28-17)26-13-8-10-14(11-9-13)27-21(32)20-15-4-1-2-5-16(15)29-30-20/h1-7,12-14,26H,8-11H2,(H,27,32)(H,29,30)/t13-,14+. The van der Waals surface area contributed by atoms with Crippen LogP contribution in [-0.2, 0) is 6.18 Å². The molecule has 3 aromatic heterocycles. The number of nitrogens with one attached hydrogen (secondary N) is 3. The van der Waals surface area contributed by atoms with Crippen molar-refractivity contribution in [3.8, 4) is 0 Å². The van der Waals surface area contributed by atoms with E-state index in [4.69, 9.17) is 0 Å². The number of imidazole rings is 1. The molecule has 32 heavy (non-hydrogen) atoms. The molecule has 0 bridgehead atoms. The van der Waals surface area contributed by atoms with Crippen LogP contribution in [0.25, 0.3) is 16.6 Å². The Balaban J connectivity index is 1.22. The summed E-state index contributed by atoms with van der Waals surface area (Å²) in [5.41, 5.74) is 0.527. The minimum atomic E-state index is -4.49. The van der Waals surface area contributed by atoms with Crippen LogP contribution in [0.2, 0.25) is 0 Å². The highest BCUT2D eigenvalue weighted by molar-refractivity contribution is 6.04. The Labute approximate surface area is 181 Å². The summed E-state index contributed by atoms with van der Waals surface area (Å²) < 4.78 is 40.5. The third-order valence-corrected chi connectivity index (χ3v) is 5.88. The monoisotopic (exact) mass is 442 g/mol. The quantitative estimate of drug-likeness (QED) is 0.438. The number of carbonyl (C=O) groups excluding carboxylic acids is 1. The molecule has 4 aromatic rings. The molecule has 1 aliphatic rings. The number of hydrogen-bond donors (Lipinski definition) is 3. The van der Waals surface area contributed by atoms with Crippen molar-refractivity contribution in [2.75, 3.05) is 5.32 Å². The van der Waals surface area contributed by atoms with Gasteiger partial charge in [-0.2, -0.15) is 18.3 Å². The topological polar surface area (TPSA) is 87.1 Å². The van der Waals surface area contributed by atoms with Crippen molar-refractivity contribution < 1.29 is 18.0 Å². The third kappa shape index (κ3) is 3.88. The SMILES string of the molecule is O=C(N[C@H]1CC[C@@H](Nc2cccc3nc(C(F)(F)F)cn23)CC1)c1n[nH]c2ccccc12. The maximum atomic E-state index is 13.0. The largest absolute Gasteiger partial charge is 0.434 e. The molecule has 0 saturated heterocycles. The van der Waals surface area contributed by atoms with Gasteiger partial charge in [0.1, 0.15) is 11.5 Å². The van der Waals surface area contributed by atoms with E-state index in [1.807, 2.05) is 24.3 Å². The Bertz CT molecular complexity index is 1270. The first-order chi connectivity index (χ1) is 15.4. The number of carbonyl (C=O) groups is 1. The van der Waals surface area contributed by atoms with E-state index in [9.17, 15) is 18.0 Å². The Kier molecular flexibility index (Phi) is 4.99. The molecule has 0 spiro atoms. The number of nitrogens with zero attached hydrogens (tertiary/aromatic N) is 3. The number of halogens is 3. The normalized spacial score (nSPS) is 19.3.